The van der Waals surface area contributed by atoms with E-state index >= 15 is 0 Å². The molecule has 36 heavy (non-hydrogen) atoms. The van der Waals surface area contributed by atoms with Crippen LogP contribution in [0.2, 0.25) is 0 Å². The Morgan fingerprint density at radius 1 is 1.03 bits per heavy atom. The number of benzene rings is 2. The number of carbonyl (C=O) groups is 3. The highest BCUT2D eigenvalue weighted by molar-refractivity contribution is 7.20. The van der Waals surface area contributed by atoms with Crippen molar-refractivity contribution in [3.05, 3.63) is 92.8 Å². The second kappa shape index (κ2) is 11.0. The lowest BCUT2D eigenvalue weighted by Crippen LogP contribution is -2.28. The van der Waals surface area contributed by atoms with Crippen LogP contribution in [-0.4, -0.2) is 41.1 Å². The highest BCUT2D eigenvalue weighted by atomic mass is 32.1. The van der Waals surface area contributed by atoms with Crippen molar-refractivity contribution < 1.29 is 23.9 Å². The number of thiophene rings is 1. The van der Waals surface area contributed by atoms with E-state index in [1.54, 1.807) is 19.1 Å². The second-order valence-corrected chi connectivity index (χ2v) is 8.90. The van der Waals surface area contributed by atoms with Crippen LogP contribution in [0.15, 0.2) is 65.7 Å². The van der Waals surface area contributed by atoms with Crippen LogP contribution in [0, 0.1) is 6.92 Å². The molecule has 1 N–H and O–H groups in total. The minimum atomic E-state index is -0.509. The zero-order valence-corrected chi connectivity index (χ0v) is 20.5. The number of ether oxygens (including phenoxy) is 2. The Balaban J connectivity index is 1.44. The minimum Gasteiger partial charge on any atom is -0.465 e. The van der Waals surface area contributed by atoms with Gasteiger partial charge in [0.25, 0.3) is 5.56 Å². The van der Waals surface area contributed by atoms with Gasteiger partial charge in [-0.25, -0.2) is 14.6 Å². The van der Waals surface area contributed by atoms with Crippen LogP contribution < -0.4 is 10.9 Å². The predicted molar refractivity (Wildman–Crippen MR) is 135 cm³/mol. The highest BCUT2D eigenvalue weighted by Gasteiger charge is 2.21. The summed E-state index contributed by atoms with van der Waals surface area (Å²) in [7, 11) is 1.29. The monoisotopic (exact) mass is 505 g/mol. The number of hydrogen-bond acceptors (Lipinski definition) is 8. The summed E-state index contributed by atoms with van der Waals surface area (Å²) >= 11 is 1.09. The zero-order valence-electron chi connectivity index (χ0n) is 19.6. The first-order chi connectivity index (χ1) is 17.4. The SMILES string of the molecule is COC(=O)c1ccc(NC(=O)Cn2cnc3sc(C(=O)OCCc4ccccc4)c(C)c3c2=O)cc1. The lowest BCUT2D eigenvalue weighted by Gasteiger charge is -2.08. The lowest BCUT2D eigenvalue weighted by molar-refractivity contribution is -0.116. The molecule has 0 aliphatic rings. The third kappa shape index (κ3) is 5.49. The molecule has 0 unspecified atom stereocenters. The molecule has 10 heteroatoms. The summed E-state index contributed by atoms with van der Waals surface area (Å²) in [6.07, 6.45) is 1.87. The number of amides is 1. The molecular formula is C26H23N3O6S. The van der Waals surface area contributed by atoms with Crippen molar-refractivity contribution >= 4 is 45.1 Å². The maximum Gasteiger partial charge on any atom is 0.348 e. The summed E-state index contributed by atoms with van der Waals surface area (Å²) in [5.41, 5.74) is 1.92. The molecule has 0 aliphatic carbocycles. The van der Waals surface area contributed by atoms with Crippen LogP contribution in [0.3, 0.4) is 0 Å². The third-order valence-electron chi connectivity index (χ3n) is 5.47. The number of nitrogens with one attached hydrogen (secondary N) is 1. The Hall–Kier alpha value is -4.31. The molecule has 0 saturated carbocycles. The smallest absolute Gasteiger partial charge is 0.348 e. The van der Waals surface area contributed by atoms with Gasteiger partial charge in [-0.05, 0) is 42.3 Å². The van der Waals surface area contributed by atoms with E-state index in [-0.39, 0.29) is 18.5 Å². The predicted octanol–water partition coefficient (Wildman–Crippen LogP) is 3.59. The number of rotatable bonds is 8. The lowest BCUT2D eigenvalue weighted by atomic mass is 10.2. The van der Waals surface area contributed by atoms with Crippen molar-refractivity contribution in [2.24, 2.45) is 0 Å². The van der Waals surface area contributed by atoms with E-state index in [4.69, 9.17) is 4.74 Å². The van der Waals surface area contributed by atoms with Crippen molar-refractivity contribution in [3.63, 3.8) is 0 Å². The van der Waals surface area contributed by atoms with Crippen LogP contribution in [0.1, 0.15) is 31.2 Å². The maximum atomic E-state index is 13.1. The molecule has 2 heterocycles. The highest BCUT2D eigenvalue weighted by Crippen LogP contribution is 2.27. The first-order valence-corrected chi connectivity index (χ1v) is 11.9. The van der Waals surface area contributed by atoms with Crippen molar-refractivity contribution in [1.29, 1.82) is 0 Å². The summed E-state index contributed by atoms with van der Waals surface area (Å²) in [5, 5.41) is 2.96. The largest absolute Gasteiger partial charge is 0.465 e. The van der Waals surface area contributed by atoms with Crippen molar-refractivity contribution in [3.8, 4) is 0 Å². The molecule has 2 aromatic heterocycles. The Bertz CT molecular complexity index is 1480. The molecule has 184 valence electrons. The Morgan fingerprint density at radius 3 is 2.44 bits per heavy atom. The molecule has 0 fully saturated rings. The first kappa shape index (κ1) is 24.8. The molecule has 0 radical (unpaired) electrons. The van der Waals surface area contributed by atoms with Gasteiger partial charge >= 0.3 is 11.9 Å². The van der Waals surface area contributed by atoms with Gasteiger partial charge in [0.05, 0.1) is 31.0 Å². The second-order valence-electron chi connectivity index (χ2n) is 7.90. The molecule has 0 atom stereocenters. The van der Waals surface area contributed by atoms with Crippen LogP contribution in [0.4, 0.5) is 5.69 Å². The van der Waals surface area contributed by atoms with Gasteiger partial charge in [-0.15, -0.1) is 11.3 Å². The van der Waals surface area contributed by atoms with Gasteiger partial charge in [0.1, 0.15) is 16.3 Å². The molecule has 0 spiro atoms. The standard InChI is InChI=1S/C26H23N3O6S/c1-16-21-23(36-22(16)26(33)35-13-12-17-6-4-3-5-7-17)27-15-29(24(21)31)14-20(30)28-19-10-8-18(9-11-19)25(32)34-2/h3-11,15H,12-14H2,1-2H3,(H,28,30). The van der Waals surface area contributed by atoms with E-state index in [9.17, 15) is 19.2 Å². The fourth-order valence-corrected chi connectivity index (χ4v) is 4.63. The van der Waals surface area contributed by atoms with E-state index < -0.39 is 23.4 Å². The Morgan fingerprint density at radius 2 is 1.75 bits per heavy atom. The molecule has 0 aliphatic heterocycles. The van der Waals surface area contributed by atoms with Gasteiger partial charge in [0.15, 0.2) is 0 Å². The van der Waals surface area contributed by atoms with Crippen molar-refractivity contribution in [2.75, 3.05) is 19.0 Å². The van der Waals surface area contributed by atoms with Gasteiger partial charge in [0.2, 0.25) is 5.91 Å². The quantitative estimate of drug-likeness (QED) is 0.364. The van der Waals surface area contributed by atoms with Gasteiger partial charge in [-0.2, -0.15) is 0 Å². The van der Waals surface area contributed by atoms with E-state index in [0.717, 1.165) is 16.9 Å². The number of carbonyl (C=O) groups excluding carboxylic acids is 3. The number of esters is 2. The number of nitrogens with zero attached hydrogens (tertiary/aromatic N) is 2. The fraction of sp³-hybridized carbons (Fsp3) is 0.192. The Kier molecular flexibility index (Phi) is 7.55. The third-order valence-corrected chi connectivity index (χ3v) is 6.65. The van der Waals surface area contributed by atoms with Crippen LogP contribution in [0.5, 0.6) is 0 Å². The molecule has 9 nitrogen and oxygen atoms in total. The number of methoxy groups -OCH3 is 1. The summed E-state index contributed by atoms with van der Waals surface area (Å²) in [4.78, 5) is 54.8. The minimum absolute atomic E-state index is 0.217. The number of anilines is 1. The summed E-state index contributed by atoms with van der Waals surface area (Å²) in [6.45, 7) is 1.62. The van der Waals surface area contributed by atoms with Crippen molar-refractivity contribution in [2.45, 2.75) is 19.9 Å². The number of aromatic nitrogens is 2. The molecule has 4 aromatic rings. The van der Waals surface area contributed by atoms with E-state index in [0.29, 0.717) is 32.9 Å². The molecule has 0 saturated heterocycles. The first-order valence-electron chi connectivity index (χ1n) is 11.0. The van der Waals surface area contributed by atoms with Gasteiger partial charge in [-0.1, -0.05) is 30.3 Å². The van der Waals surface area contributed by atoms with E-state index in [2.05, 4.69) is 15.0 Å². The van der Waals surface area contributed by atoms with E-state index in [1.165, 1.54) is 30.1 Å². The van der Waals surface area contributed by atoms with Gasteiger partial charge < -0.3 is 14.8 Å². The van der Waals surface area contributed by atoms with Crippen LogP contribution in [0.25, 0.3) is 10.2 Å². The van der Waals surface area contributed by atoms with Crippen LogP contribution in [-0.2, 0) is 27.2 Å². The summed E-state index contributed by atoms with van der Waals surface area (Å²) in [6, 6.07) is 15.9. The number of aryl methyl sites for hydroxylation is 1. The zero-order chi connectivity index (χ0) is 25.7. The van der Waals surface area contributed by atoms with Crippen LogP contribution >= 0.6 is 11.3 Å². The van der Waals surface area contributed by atoms with Gasteiger partial charge in [0, 0.05) is 12.1 Å². The summed E-state index contributed by atoms with van der Waals surface area (Å²) in [5.74, 6) is -1.44. The average molecular weight is 506 g/mol. The van der Waals surface area contributed by atoms with Gasteiger partial charge in [-0.3, -0.25) is 14.2 Å². The molecular weight excluding hydrogens is 482 g/mol. The maximum absolute atomic E-state index is 13.1. The Labute approximate surface area is 210 Å². The van der Waals surface area contributed by atoms with E-state index in [1.807, 2.05) is 30.3 Å². The molecule has 4 rings (SSSR count). The van der Waals surface area contributed by atoms with Crippen molar-refractivity contribution in [1.82, 2.24) is 9.55 Å². The fourth-order valence-electron chi connectivity index (χ4n) is 3.60. The summed E-state index contributed by atoms with van der Waals surface area (Å²) < 4.78 is 11.2. The normalized spacial score (nSPS) is 10.7. The molecule has 0 bridgehead atoms. The average Bonchev–Trinajstić information content (AvgIpc) is 3.23. The number of fused-ring (bicyclic) bond motifs is 1. The topological polar surface area (TPSA) is 117 Å². The molecule has 2 aromatic carbocycles. The number of hydrogen-bond donors (Lipinski definition) is 1. The molecule has 1 amide bonds.